The Morgan fingerprint density at radius 2 is 2.21 bits per heavy atom. The summed E-state index contributed by atoms with van der Waals surface area (Å²) >= 11 is 14.6. The third-order valence-electron chi connectivity index (χ3n) is 2.74. The number of halogens is 3. The number of benzene rings is 1. The maximum Gasteiger partial charge on any atom is 0.144 e. The van der Waals surface area contributed by atoms with Crippen LogP contribution in [0.2, 0.25) is 5.02 Å². The number of hydrogen-bond acceptors (Lipinski definition) is 2. The second kappa shape index (κ2) is 6.11. The average Bonchev–Trinajstić information content (AvgIpc) is 2.38. The van der Waals surface area contributed by atoms with E-state index in [1.54, 1.807) is 12.1 Å². The molecular weight excluding hydrogens is 351 g/mol. The Kier molecular flexibility index (Phi) is 4.71. The number of H-pyrrole nitrogens is 1. The van der Waals surface area contributed by atoms with Crippen LogP contribution in [-0.2, 0) is 12.8 Å². The molecule has 0 aliphatic carbocycles. The third kappa shape index (κ3) is 3.22. The van der Waals surface area contributed by atoms with Gasteiger partial charge in [-0.3, -0.25) is 0 Å². The van der Waals surface area contributed by atoms with E-state index in [-0.39, 0.29) is 12.2 Å². The normalized spacial score (nSPS) is 10.7. The molecule has 1 N–H and O–H groups in total. The first kappa shape index (κ1) is 14.6. The zero-order chi connectivity index (χ0) is 14.0. The number of aryl methyl sites for hydroxylation is 1. The molecule has 19 heavy (non-hydrogen) atoms. The van der Waals surface area contributed by atoms with E-state index in [9.17, 15) is 4.39 Å². The molecule has 0 aliphatic rings. The van der Waals surface area contributed by atoms with Crippen LogP contribution in [0.25, 0.3) is 0 Å². The largest absolute Gasteiger partial charge is 0.346 e. The van der Waals surface area contributed by atoms with Crippen molar-refractivity contribution in [1.29, 1.82) is 0 Å². The lowest BCUT2D eigenvalue weighted by Crippen LogP contribution is -2.03. The van der Waals surface area contributed by atoms with E-state index in [1.165, 1.54) is 6.07 Å². The molecule has 0 radical (unpaired) electrons. The van der Waals surface area contributed by atoms with Crippen LogP contribution in [0.15, 0.2) is 22.7 Å². The number of aromatic nitrogens is 2. The van der Waals surface area contributed by atoms with Crippen LogP contribution in [0.3, 0.4) is 0 Å². The molecule has 0 aliphatic heterocycles. The summed E-state index contributed by atoms with van der Waals surface area (Å²) in [7, 11) is 0. The molecule has 1 aromatic heterocycles. The predicted octanol–water partition coefficient (Wildman–Crippen LogP) is 4.85. The monoisotopic (exact) mass is 360 g/mol. The Hall–Kier alpha value is -0.780. The van der Waals surface area contributed by atoms with Gasteiger partial charge < -0.3 is 4.98 Å². The van der Waals surface area contributed by atoms with Gasteiger partial charge in [-0.2, -0.15) is 0 Å². The van der Waals surface area contributed by atoms with Gasteiger partial charge in [0.2, 0.25) is 0 Å². The number of hydrogen-bond donors (Lipinski definition) is 1. The van der Waals surface area contributed by atoms with Crippen molar-refractivity contribution in [2.75, 3.05) is 0 Å². The molecular formula is C13H11BrClFN2S. The average molecular weight is 362 g/mol. The topological polar surface area (TPSA) is 28.7 Å². The van der Waals surface area contributed by atoms with Crippen molar-refractivity contribution in [3.8, 4) is 0 Å². The minimum absolute atomic E-state index is 0.287. The van der Waals surface area contributed by atoms with E-state index in [4.69, 9.17) is 23.8 Å². The molecule has 2 nitrogen and oxygen atoms in total. The van der Waals surface area contributed by atoms with Crippen molar-refractivity contribution in [2.24, 2.45) is 0 Å². The van der Waals surface area contributed by atoms with Crippen LogP contribution >= 0.6 is 39.7 Å². The van der Waals surface area contributed by atoms with Crippen LogP contribution in [-0.4, -0.2) is 9.97 Å². The predicted molar refractivity (Wildman–Crippen MR) is 80.7 cm³/mol. The van der Waals surface area contributed by atoms with Gasteiger partial charge in [0.15, 0.2) is 0 Å². The van der Waals surface area contributed by atoms with Gasteiger partial charge in [0.05, 0.1) is 4.47 Å². The SMILES string of the molecule is CCc1[nH]c(Cc2c(F)cccc2Cl)nc(=S)c1Br. The number of nitrogens with zero attached hydrogens (tertiary/aromatic N) is 1. The Bertz CT molecular complexity index is 652. The molecule has 0 fully saturated rings. The molecule has 2 aromatic rings. The summed E-state index contributed by atoms with van der Waals surface area (Å²) in [6.45, 7) is 2.01. The molecule has 0 bridgehead atoms. The standard InChI is InChI=1S/C13H11BrClFN2S/c1-2-10-12(14)13(19)18-11(17-10)6-7-8(15)4-3-5-9(7)16/h3-5H,2,6H2,1H3,(H,17,18,19). The number of aromatic amines is 1. The minimum Gasteiger partial charge on any atom is -0.346 e. The Morgan fingerprint density at radius 1 is 1.47 bits per heavy atom. The molecule has 0 saturated carbocycles. The van der Waals surface area contributed by atoms with Crippen molar-refractivity contribution in [3.05, 3.63) is 55.2 Å². The van der Waals surface area contributed by atoms with Gasteiger partial charge in [0.1, 0.15) is 16.3 Å². The van der Waals surface area contributed by atoms with E-state index >= 15 is 0 Å². The van der Waals surface area contributed by atoms with Gasteiger partial charge >= 0.3 is 0 Å². The lowest BCUT2D eigenvalue weighted by Gasteiger charge is -2.08. The first-order valence-electron chi connectivity index (χ1n) is 5.73. The molecule has 1 heterocycles. The summed E-state index contributed by atoms with van der Waals surface area (Å²) in [5.74, 6) is 0.270. The minimum atomic E-state index is -0.338. The maximum atomic E-state index is 13.7. The molecule has 0 amide bonds. The van der Waals surface area contributed by atoms with E-state index in [0.29, 0.717) is 21.1 Å². The van der Waals surface area contributed by atoms with Crippen molar-refractivity contribution in [3.63, 3.8) is 0 Å². The second-order valence-electron chi connectivity index (χ2n) is 4.01. The molecule has 0 atom stereocenters. The zero-order valence-electron chi connectivity index (χ0n) is 10.1. The van der Waals surface area contributed by atoms with Crippen molar-refractivity contribution >= 4 is 39.7 Å². The quantitative estimate of drug-likeness (QED) is 0.792. The first-order chi connectivity index (χ1) is 9.02. The fourth-order valence-electron chi connectivity index (χ4n) is 1.75. The number of rotatable bonds is 3. The Balaban J connectivity index is 2.44. The smallest absolute Gasteiger partial charge is 0.144 e. The van der Waals surface area contributed by atoms with Crippen molar-refractivity contribution < 1.29 is 4.39 Å². The molecule has 1 aromatic carbocycles. The summed E-state index contributed by atoms with van der Waals surface area (Å²) in [4.78, 5) is 7.40. The number of nitrogens with one attached hydrogen (secondary N) is 1. The third-order valence-corrected chi connectivity index (χ3v) is 4.51. The highest BCUT2D eigenvalue weighted by atomic mass is 79.9. The van der Waals surface area contributed by atoms with Gasteiger partial charge in [0.25, 0.3) is 0 Å². The van der Waals surface area contributed by atoms with E-state index in [0.717, 1.165) is 16.6 Å². The summed E-state index contributed by atoms with van der Waals surface area (Å²) < 4.78 is 15.0. The van der Waals surface area contributed by atoms with Crippen LogP contribution in [0, 0.1) is 10.5 Å². The Morgan fingerprint density at radius 3 is 2.84 bits per heavy atom. The molecule has 100 valence electrons. The fraction of sp³-hybridized carbons (Fsp3) is 0.231. The first-order valence-corrected chi connectivity index (χ1v) is 7.31. The lowest BCUT2D eigenvalue weighted by atomic mass is 10.1. The zero-order valence-corrected chi connectivity index (χ0v) is 13.3. The van der Waals surface area contributed by atoms with E-state index < -0.39 is 0 Å². The van der Waals surface area contributed by atoms with Crippen LogP contribution in [0.5, 0.6) is 0 Å². The highest BCUT2D eigenvalue weighted by molar-refractivity contribution is 9.10. The lowest BCUT2D eigenvalue weighted by molar-refractivity contribution is 0.612. The molecule has 0 unspecified atom stereocenters. The van der Waals surface area contributed by atoms with Crippen molar-refractivity contribution in [2.45, 2.75) is 19.8 Å². The van der Waals surface area contributed by atoms with Gasteiger partial charge in [-0.15, -0.1) is 0 Å². The van der Waals surface area contributed by atoms with E-state index in [1.807, 2.05) is 6.92 Å². The fourth-order valence-corrected chi connectivity index (χ4v) is 2.69. The summed E-state index contributed by atoms with van der Waals surface area (Å²) in [6.07, 6.45) is 1.07. The van der Waals surface area contributed by atoms with Gasteiger partial charge in [-0.1, -0.05) is 36.8 Å². The molecule has 6 heteroatoms. The molecule has 2 rings (SSSR count). The highest BCUT2D eigenvalue weighted by Gasteiger charge is 2.11. The summed E-state index contributed by atoms with van der Waals surface area (Å²) in [5.41, 5.74) is 1.37. The van der Waals surface area contributed by atoms with Gasteiger partial charge in [0, 0.05) is 22.7 Å². The highest BCUT2D eigenvalue weighted by Crippen LogP contribution is 2.22. The second-order valence-corrected chi connectivity index (χ2v) is 5.60. The van der Waals surface area contributed by atoms with Crippen molar-refractivity contribution in [1.82, 2.24) is 9.97 Å². The van der Waals surface area contributed by atoms with Gasteiger partial charge in [-0.05, 0) is 34.5 Å². The van der Waals surface area contributed by atoms with E-state index in [2.05, 4.69) is 25.9 Å². The van der Waals surface area contributed by atoms with Crippen LogP contribution in [0.4, 0.5) is 4.39 Å². The molecule has 0 spiro atoms. The van der Waals surface area contributed by atoms with Crippen LogP contribution < -0.4 is 0 Å². The van der Waals surface area contributed by atoms with Crippen LogP contribution in [0.1, 0.15) is 24.0 Å². The van der Waals surface area contributed by atoms with Gasteiger partial charge in [-0.25, -0.2) is 9.37 Å². The maximum absolute atomic E-state index is 13.7. The summed E-state index contributed by atoms with van der Waals surface area (Å²) in [5, 5.41) is 0.391. The molecule has 0 saturated heterocycles. The Labute approximate surface area is 129 Å². The summed E-state index contributed by atoms with van der Waals surface area (Å²) in [6, 6.07) is 4.62.